The van der Waals surface area contributed by atoms with Gasteiger partial charge in [0.05, 0.1) is 6.61 Å². The number of allylic oxidation sites excluding steroid dienone is 12. The van der Waals surface area contributed by atoms with E-state index in [0.717, 1.165) is 70.6 Å². The molecule has 0 aromatic heterocycles. The summed E-state index contributed by atoms with van der Waals surface area (Å²) in [5, 5.41) is 9.70. The van der Waals surface area contributed by atoms with Gasteiger partial charge in [-0.1, -0.05) is 363 Å². The summed E-state index contributed by atoms with van der Waals surface area (Å²) in [7, 11) is 0. The molecule has 0 aliphatic rings. The highest BCUT2D eigenvalue weighted by Gasteiger charge is 2.16. The molecule has 0 heterocycles. The average Bonchev–Trinajstić information content (AvgIpc) is 3.45. The van der Waals surface area contributed by atoms with E-state index in [1.165, 1.54) is 270 Å². The molecule has 0 bridgehead atoms. The summed E-state index contributed by atoms with van der Waals surface area (Å²) in [6, 6.07) is 0. The average molecular weight is 1100 g/mol. The molecule has 0 radical (unpaired) electrons. The third-order valence-electron chi connectivity index (χ3n) is 15.8. The molecule has 0 aliphatic heterocycles. The molecule has 0 aromatic rings. The zero-order valence-electron chi connectivity index (χ0n) is 52.9. The topological polar surface area (TPSA) is 72.8 Å². The number of aliphatic hydroxyl groups excluding tert-OH is 1. The Morgan fingerprint density at radius 1 is 0.304 bits per heavy atom. The van der Waals surface area contributed by atoms with Gasteiger partial charge in [0.2, 0.25) is 0 Å². The fourth-order valence-corrected chi connectivity index (χ4v) is 10.6. The van der Waals surface area contributed by atoms with Crippen LogP contribution in [0, 0.1) is 0 Å². The lowest BCUT2D eigenvalue weighted by molar-refractivity contribution is -0.161. The first-order chi connectivity index (χ1) is 39.1. The Hall–Kier alpha value is -2.66. The number of carbonyl (C=O) groups excluding carboxylic acids is 2. The van der Waals surface area contributed by atoms with Crippen molar-refractivity contribution in [1.82, 2.24) is 0 Å². The molecule has 1 unspecified atom stereocenters. The second-order valence-corrected chi connectivity index (χ2v) is 23.6. The predicted octanol–water partition coefficient (Wildman–Crippen LogP) is 24.3. The van der Waals surface area contributed by atoms with Gasteiger partial charge in [-0.2, -0.15) is 0 Å². The smallest absolute Gasteiger partial charge is 0.306 e. The highest BCUT2D eigenvalue weighted by molar-refractivity contribution is 5.70. The van der Waals surface area contributed by atoms with Gasteiger partial charge in [-0.25, -0.2) is 0 Å². The van der Waals surface area contributed by atoms with Crippen LogP contribution >= 0.6 is 0 Å². The van der Waals surface area contributed by atoms with Crippen molar-refractivity contribution in [2.24, 2.45) is 0 Å². The number of hydrogen-bond donors (Lipinski definition) is 1. The van der Waals surface area contributed by atoms with E-state index >= 15 is 0 Å². The highest BCUT2D eigenvalue weighted by atomic mass is 16.6. The van der Waals surface area contributed by atoms with Crippen molar-refractivity contribution < 1.29 is 24.2 Å². The fraction of sp³-hybridized carbons (Fsp3) is 0.811. The molecular weight excluding hydrogens is 969 g/mol. The minimum Gasteiger partial charge on any atom is -0.462 e. The SMILES string of the molecule is CC/C=C\C/C=C\C/C=C\C/C=C\C/C=C\C/C=C\CCCCCCCCCCCCCCCCCCCCC(=O)OC(CO)COC(=O)CCCCCCCCCCCCCCCCCCCCCCCCCCCCCC. The van der Waals surface area contributed by atoms with E-state index in [2.05, 4.69) is 86.8 Å². The summed E-state index contributed by atoms with van der Waals surface area (Å²) >= 11 is 0. The Morgan fingerprint density at radius 2 is 0.544 bits per heavy atom. The number of hydrogen-bond acceptors (Lipinski definition) is 5. The molecule has 0 fully saturated rings. The van der Waals surface area contributed by atoms with Gasteiger partial charge in [0.25, 0.3) is 0 Å². The van der Waals surface area contributed by atoms with Gasteiger partial charge in [0.1, 0.15) is 6.61 Å². The summed E-state index contributed by atoms with van der Waals surface area (Å²) in [5.74, 6) is -0.570. The molecule has 1 N–H and O–H groups in total. The van der Waals surface area contributed by atoms with Crippen molar-refractivity contribution in [2.75, 3.05) is 13.2 Å². The predicted molar refractivity (Wildman–Crippen MR) is 348 cm³/mol. The molecular formula is C74H134O5. The number of carbonyl (C=O) groups is 2. The third kappa shape index (κ3) is 67.7. The third-order valence-corrected chi connectivity index (χ3v) is 15.8. The maximum atomic E-state index is 12.4. The summed E-state index contributed by atoms with van der Waals surface area (Å²) in [6.07, 6.45) is 96.5. The van der Waals surface area contributed by atoms with Crippen molar-refractivity contribution in [3.63, 3.8) is 0 Å². The van der Waals surface area contributed by atoms with Crippen LogP contribution < -0.4 is 0 Å². The quantitative estimate of drug-likeness (QED) is 0.0373. The molecule has 0 amide bonds. The lowest BCUT2D eigenvalue weighted by Crippen LogP contribution is -2.28. The van der Waals surface area contributed by atoms with Gasteiger partial charge in [-0.3, -0.25) is 9.59 Å². The van der Waals surface area contributed by atoms with Crippen LogP contribution in [0.5, 0.6) is 0 Å². The van der Waals surface area contributed by atoms with Gasteiger partial charge < -0.3 is 14.6 Å². The van der Waals surface area contributed by atoms with E-state index < -0.39 is 6.10 Å². The van der Waals surface area contributed by atoms with Crippen molar-refractivity contribution in [2.45, 2.75) is 373 Å². The monoisotopic (exact) mass is 1100 g/mol. The van der Waals surface area contributed by atoms with Gasteiger partial charge in [0.15, 0.2) is 6.10 Å². The lowest BCUT2D eigenvalue weighted by Gasteiger charge is -2.15. The van der Waals surface area contributed by atoms with E-state index in [0.29, 0.717) is 12.8 Å². The summed E-state index contributed by atoms with van der Waals surface area (Å²) in [4.78, 5) is 24.7. The normalized spacial score (nSPS) is 12.6. The van der Waals surface area contributed by atoms with Crippen molar-refractivity contribution >= 4 is 11.9 Å². The maximum absolute atomic E-state index is 12.4. The standard InChI is InChI=1S/C74H134O5/c1-3-5-7-9-11-13-15-17-19-21-23-25-27-29-31-33-34-35-36-37-38-39-40-41-43-45-47-49-51-53-55-57-59-61-63-65-67-69-74(77)79-72(70-75)71-78-73(76)68-66-64-62-60-58-56-54-52-50-48-46-44-42-32-30-28-26-24-22-20-18-16-14-12-10-8-6-4-2/h5,7,11,13,17,19,23,25,29,31,34-35,72,75H,3-4,6,8-10,12,14-16,18,20-22,24,26-28,30,32-33,36-71H2,1-2H3/b7-5-,13-11-,19-17-,25-23-,31-29-,35-34-. The van der Waals surface area contributed by atoms with Crippen molar-refractivity contribution in [3.05, 3.63) is 72.9 Å². The largest absolute Gasteiger partial charge is 0.462 e. The highest BCUT2D eigenvalue weighted by Crippen LogP contribution is 2.19. The first-order valence-electron chi connectivity index (χ1n) is 35.0. The van der Waals surface area contributed by atoms with Crippen molar-refractivity contribution in [1.29, 1.82) is 0 Å². The fourth-order valence-electron chi connectivity index (χ4n) is 10.6. The molecule has 79 heavy (non-hydrogen) atoms. The van der Waals surface area contributed by atoms with Crippen LogP contribution in [0.3, 0.4) is 0 Å². The van der Waals surface area contributed by atoms with Crippen LogP contribution in [0.2, 0.25) is 0 Å². The molecule has 0 saturated heterocycles. The van der Waals surface area contributed by atoms with E-state index in [4.69, 9.17) is 9.47 Å². The Labute approximate surface area is 493 Å². The maximum Gasteiger partial charge on any atom is 0.306 e. The molecule has 5 nitrogen and oxygen atoms in total. The van der Waals surface area contributed by atoms with Crippen LogP contribution in [-0.2, 0) is 19.1 Å². The van der Waals surface area contributed by atoms with Gasteiger partial charge in [-0.05, 0) is 64.2 Å². The molecule has 5 heteroatoms. The summed E-state index contributed by atoms with van der Waals surface area (Å²) in [5.41, 5.74) is 0. The minimum absolute atomic E-state index is 0.0612. The molecule has 0 rings (SSSR count). The first-order valence-corrected chi connectivity index (χ1v) is 35.0. The Kier molecular flexibility index (Phi) is 67.3. The van der Waals surface area contributed by atoms with E-state index in [-0.39, 0.29) is 25.2 Å². The molecule has 0 aromatic carbocycles. The first kappa shape index (κ1) is 76.3. The van der Waals surface area contributed by atoms with E-state index in [1.807, 2.05) is 0 Å². The summed E-state index contributed by atoms with van der Waals surface area (Å²) < 4.78 is 10.8. The Balaban J connectivity index is 3.42. The van der Waals surface area contributed by atoms with E-state index in [1.54, 1.807) is 0 Å². The Morgan fingerprint density at radius 3 is 0.823 bits per heavy atom. The van der Waals surface area contributed by atoms with Crippen LogP contribution in [0.25, 0.3) is 0 Å². The van der Waals surface area contributed by atoms with Crippen LogP contribution in [-0.4, -0.2) is 36.4 Å². The van der Waals surface area contributed by atoms with Gasteiger partial charge in [0, 0.05) is 12.8 Å². The number of unbranched alkanes of at least 4 members (excludes halogenated alkanes) is 45. The van der Waals surface area contributed by atoms with Crippen LogP contribution in [0.4, 0.5) is 0 Å². The number of rotatable bonds is 65. The van der Waals surface area contributed by atoms with Crippen LogP contribution in [0.15, 0.2) is 72.9 Å². The molecule has 460 valence electrons. The molecule has 0 spiro atoms. The Bertz CT molecular complexity index is 1390. The summed E-state index contributed by atoms with van der Waals surface area (Å²) in [6.45, 7) is 4.08. The second-order valence-electron chi connectivity index (χ2n) is 23.6. The number of ether oxygens (including phenoxy) is 2. The van der Waals surface area contributed by atoms with Gasteiger partial charge >= 0.3 is 11.9 Å². The van der Waals surface area contributed by atoms with Gasteiger partial charge in [-0.15, -0.1) is 0 Å². The zero-order valence-corrected chi connectivity index (χ0v) is 52.9. The van der Waals surface area contributed by atoms with E-state index in [9.17, 15) is 14.7 Å². The second kappa shape index (κ2) is 69.6. The molecule has 0 aliphatic carbocycles. The zero-order chi connectivity index (χ0) is 56.9. The number of aliphatic hydroxyl groups is 1. The minimum atomic E-state index is -0.772. The van der Waals surface area contributed by atoms with Crippen LogP contribution in [0.1, 0.15) is 367 Å². The molecule has 1 atom stereocenters. The number of esters is 2. The lowest BCUT2D eigenvalue weighted by atomic mass is 10.0. The molecule has 0 saturated carbocycles. The van der Waals surface area contributed by atoms with Crippen molar-refractivity contribution in [3.8, 4) is 0 Å².